The van der Waals surface area contributed by atoms with Gasteiger partial charge in [0.05, 0.1) is 24.1 Å². The van der Waals surface area contributed by atoms with Gasteiger partial charge in [0.15, 0.2) is 18.0 Å². The maximum absolute atomic E-state index is 11.7. The van der Waals surface area contributed by atoms with Crippen LogP contribution in [-0.2, 0) is 15.9 Å². The Balaban J connectivity index is 1.70. The van der Waals surface area contributed by atoms with Gasteiger partial charge >= 0.3 is 0 Å². The molecular weight excluding hydrogens is 356 g/mol. The number of carbonyl (C=O) groups excluding carboxylic acids is 1. The zero-order valence-corrected chi connectivity index (χ0v) is 14.8. The Morgan fingerprint density at radius 2 is 2.15 bits per heavy atom. The number of hydrogen-bond donors (Lipinski definition) is 3. The van der Waals surface area contributed by atoms with Crippen molar-refractivity contribution < 1.29 is 18.8 Å². The molecule has 9 heteroatoms. The summed E-state index contributed by atoms with van der Waals surface area (Å²) in [6.07, 6.45) is 7.14. The number of nitrogens with one attached hydrogen (secondary N) is 2. The molecule has 2 unspecified atom stereocenters. The second kappa shape index (κ2) is 7.96. The predicted octanol–water partition coefficient (Wildman–Crippen LogP) is 2.05. The largest absolute Gasteiger partial charge is 0.505 e. The molecule has 3 rings (SSSR count). The van der Waals surface area contributed by atoms with E-state index >= 15 is 0 Å². The lowest BCUT2D eigenvalue weighted by Gasteiger charge is -2.16. The van der Waals surface area contributed by atoms with Gasteiger partial charge in [-0.15, -0.1) is 8.80 Å². The highest BCUT2D eigenvalue weighted by atomic mass is 32.2. The summed E-state index contributed by atoms with van der Waals surface area (Å²) in [6.45, 7) is 2.43. The number of aromatic hydroxyl groups is 1. The molecule has 3 N–H and O–H groups in total. The number of ether oxygens (including phenoxy) is 1. The molecule has 0 saturated carbocycles. The molecule has 0 spiro atoms. The first kappa shape index (κ1) is 17.9. The van der Waals surface area contributed by atoms with Crippen LogP contribution in [0.15, 0.2) is 51.2 Å². The van der Waals surface area contributed by atoms with Gasteiger partial charge in [0.2, 0.25) is 0 Å². The van der Waals surface area contributed by atoms with E-state index in [2.05, 4.69) is 26.4 Å². The van der Waals surface area contributed by atoms with Crippen LogP contribution in [0.4, 0.5) is 5.69 Å². The summed E-state index contributed by atoms with van der Waals surface area (Å²) in [5.41, 5.74) is 0.406. The number of allylic oxidation sites excluding steroid dienone is 2. The van der Waals surface area contributed by atoms with Crippen molar-refractivity contribution in [3.8, 4) is 5.75 Å². The van der Waals surface area contributed by atoms with Gasteiger partial charge in [-0.25, -0.2) is 4.21 Å². The smallest absolute Gasteiger partial charge is 0.269 e. The van der Waals surface area contributed by atoms with Gasteiger partial charge in [0, 0.05) is 5.92 Å². The molecule has 2 aliphatic rings. The molecule has 0 radical (unpaired) electrons. The molecule has 0 aliphatic carbocycles. The highest BCUT2D eigenvalue weighted by molar-refractivity contribution is 7.83. The molecule has 2 aliphatic heterocycles. The minimum atomic E-state index is -1.76. The van der Waals surface area contributed by atoms with Crippen LogP contribution in [0, 0.1) is 5.92 Å². The Morgan fingerprint density at radius 1 is 1.35 bits per heavy atom. The predicted molar refractivity (Wildman–Crippen MR) is 100 cm³/mol. The molecule has 0 fully saturated rings. The van der Waals surface area contributed by atoms with Gasteiger partial charge in [-0.2, -0.15) is 0 Å². The molecule has 1 aromatic carbocycles. The number of aldehydes is 1. The van der Waals surface area contributed by atoms with Gasteiger partial charge < -0.3 is 20.5 Å². The highest BCUT2D eigenvalue weighted by Crippen LogP contribution is 2.26. The van der Waals surface area contributed by atoms with E-state index in [0.717, 1.165) is 12.2 Å². The van der Waals surface area contributed by atoms with Gasteiger partial charge in [0.1, 0.15) is 11.5 Å². The number of para-hydroxylation sites is 1. The molecular formula is C17H18N4O4S. The van der Waals surface area contributed by atoms with Gasteiger partial charge in [-0.3, -0.25) is 4.79 Å². The number of benzene rings is 1. The van der Waals surface area contributed by atoms with Crippen LogP contribution in [0.5, 0.6) is 5.75 Å². The fourth-order valence-corrected chi connectivity index (χ4v) is 3.07. The summed E-state index contributed by atoms with van der Waals surface area (Å²) in [5, 5.41) is 16.0. The number of phenols is 1. The Morgan fingerprint density at radius 3 is 2.92 bits per heavy atom. The SMILES string of the molecule is CCC1C=COC(CNC2=NS(=O)N=C2Nc2cccc(C=O)c2O)=C1. The average Bonchev–Trinajstić information content (AvgIpc) is 3.01. The third kappa shape index (κ3) is 3.99. The van der Waals surface area contributed by atoms with Crippen molar-refractivity contribution in [2.24, 2.45) is 14.7 Å². The second-order valence-corrected chi connectivity index (χ2v) is 6.43. The van der Waals surface area contributed by atoms with Crippen LogP contribution in [0.1, 0.15) is 23.7 Å². The minimum Gasteiger partial charge on any atom is -0.505 e. The summed E-state index contributed by atoms with van der Waals surface area (Å²) in [4.78, 5) is 10.9. The van der Waals surface area contributed by atoms with Crippen molar-refractivity contribution in [3.63, 3.8) is 0 Å². The van der Waals surface area contributed by atoms with Crippen molar-refractivity contribution in [1.82, 2.24) is 5.32 Å². The van der Waals surface area contributed by atoms with Gasteiger partial charge in [0.25, 0.3) is 11.2 Å². The fourth-order valence-electron chi connectivity index (χ4n) is 2.43. The lowest BCUT2D eigenvalue weighted by Crippen LogP contribution is -2.35. The standard InChI is InChI=1S/C17H18N4O4S/c1-2-11-6-7-25-13(8-11)9-18-16-17(21-26(24)20-16)19-14-5-3-4-12(10-22)15(14)23/h3-8,10-11,23H,2,9H2,1H3,(H,18,20)(H,19,21). The van der Waals surface area contributed by atoms with Crippen LogP contribution in [0.25, 0.3) is 0 Å². The Kier molecular flexibility index (Phi) is 5.47. The second-order valence-electron chi connectivity index (χ2n) is 5.60. The molecule has 2 heterocycles. The molecule has 8 nitrogen and oxygen atoms in total. The number of rotatable bonds is 5. The van der Waals surface area contributed by atoms with E-state index in [1.165, 1.54) is 6.07 Å². The van der Waals surface area contributed by atoms with Gasteiger partial charge in [-0.1, -0.05) is 13.0 Å². The first-order valence-corrected chi connectivity index (χ1v) is 9.09. The van der Waals surface area contributed by atoms with Crippen molar-refractivity contribution in [3.05, 3.63) is 47.9 Å². The number of nitrogens with zero attached hydrogens (tertiary/aromatic N) is 2. The molecule has 0 bridgehead atoms. The van der Waals surface area contributed by atoms with E-state index in [0.29, 0.717) is 18.7 Å². The average molecular weight is 374 g/mol. The van der Waals surface area contributed by atoms with E-state index in [9.17, 15) is 14.1 Å². The zero-order valence-electron chi connectivity index (χ0n) is 14.0. The number of carbonyl (C=O) groups is 1. The molecule has 0 aromatic heterocycles. The lowest BCUT2D eigenvalue weighted by atomic mass is 10.0. The quantitative estimate of drug-likeness (QED) is 0.537. The lowest BCUT2D eigenvalue weighted by molar-refractivity contribution is 0.112. The summed E-state index contributed by atoms with van der Waals surface area (Å²) < 4.78 is 25.0. The normalized spacial score (nSPS) is 21.3. The van der Waals surface area contributed by atoms with Crippen molar-refractivity contribution in [2.75, 3.05) is 11.9 Å². The fraction of sp³-hybridized carbons (Fsp3) is 0.235. The van der Waals surface area contributed by atoms with Crippen LogP contribution < -0.4 is 10.6 Å². The summed E-state index contributed by atoms with van der Waals surface area (Å²) in [7, 11) is 0. The van der Waals surface area contributed by atoms with Crippen molar-refractivity contribution in [1.29, 1.82) is 0 Å². The summed E-state index contributed by atoms with van der Waals surface area (Å²) >= 11 is -1.76. The summed E-state index contributed by atoms with van der Waals surface area (Å²) in [6, 6.07) is 4.67. The molecule has 0 saturated heterocycles. The maximum atomic E-state index is 11.7. The maximum Gasteiger partial charge on any atom is 0.269 e. The molecule has 26 heavy (non-hydrogen) atoms. The van der Waals surface area contributed by atoms with E-state index in [1.807, 2.05) is 12.2 Å². The molecule has 1 aromatic rings. The highest BCUT2D eigenvalue weighted by Gasteiger charge is 2.21. The van der Waals surface area contributed by atoms with Gasteiger partial charge in [-0.05, 0) is 30.7 Å². The third-order valence-electron chi connectivity index (χ3n) is 3.86. The van der Waals surface area contributed by atoms with Crippen LogP contribution >= 0.6 is 0 Å². The first-order valence-electron chi connectivity index (χ1n) is 8.02. The van der Waals surface area contributed by atoms with Crippen LogP contribution in [0.3, 0.4) is 0 Å². The molecule has 0 amide bonds. The van der Waals surface area contributed by atoms with Crippen molar-refractivity contribution in [2.45, 2.75) is 13.3 Å². The number of hydrogen-bond acceptors (Lipinski definition) is 6. The number of phenolic OH excluding ortho intramolecular Hbond substituents is 1. The minimum absolute atomic E-state index is 0.138. The van der Waals surface area contributed by atoms with E-state index < -0.39 is 11.2 Å². The van der Waals surface area contributed by atoms with Crippen LogP contribution in [-0.4, -0.2) is 33.8 Å². The van der Waals surface area contributed by atoms with E-state index in [-0.39, 0.29) is 28.7 Å². The first-order chi connectivity index (χ1) is 12.6. The Bertz CT molecular complexity index is 860. The molecule has 2 atom stereocenters. The zero-order chi connectivity index (χ0) is 18.5. The topological polar surface area (TPSA) is 112 Å². The van der Waals surface area contributed by atoms with E-state index in [1.54, 1.807) is 18.4 Å². The molecule has 136 valence electrons. The third-order valence-corrected chi connectivity index (χ3v) is 4.53. The van der Waals surface area contributed by atoms with Crippen LogP contribution in [0.2, 0.25) is 0 Å². The van der Waals surface area contributed by atoms with Crippen molar-refractivity contribution >= 4 is 34.8 Å². The number of anilines is 1. The summed E-state index contributed by atoms with van der Waals surface area (Å²) in [5.74, 6) is 1.32. The number of amidine groups is 2. The Labute approximate surface area is 153 Å². The van der Waals surface area contributed by atoms with E-state index in [4.69, 9.17) is 4.74 Å². The monoisotopic (exact) mass is 374 g/mol. The Hall–Kier alpha value is -2.94.